The van der Waals surface area contributed by atoms with Gasteiger partial charge in [-0.2, -0.15) is 4.39 Å². The highest BCUT2D eigenvalue weighted by atomic mass is 19.3. The lowest BCUT2D eigenvalue weighted by Crippen LogP contribution is -2.19. The Bertz CT molecular complexity index is 275. The zero-order chi connectivity index (χ0) is 9.84. The van der Waals surface area contributed by atoms with Gasteiger partial charge in [0.2, 0.25) is 0 Å². The lowest BCUT2D eigenvalue weighted by Gasteiger charge is -2.11. The van der Waals surface area contributed by atoms with Crippen LogP contribution in [-0.4, -0.2) is 12.8 Å². The summed E-state index contributed by atoms with van der Waals surface area (Å²) in [6.07, 6.45) is -5.67. The zero-order valence-electron chi connectivity index (χ0n) is 7.01. The van der Waals surface area contributed by atoms with Gasteiger partial charge in [-0.25, -0.2) is 8.78 Å². The Morgan fingerprint density at radius 3 is 2.31 bits per heavy atom. The first-order valence-corrected chi connectivity index (χ1v) is 3.76. The topological polar surface area (TPSA) is 9.23 Å². The zero-order valence-corrected chi connectivity index (χ0v) is 7.01. The van der Waals surface area contributed by atoms with Crippen molar-refractivity contribution in [1.82, 2.24) is 0 Å². The SMILES string of the molecule is Cc1ccccc1O[C@@H](F)C(F)F. The summed E-state index contributed by atoms with van der Waals surface area (Å²) in [7, 11) is 0. The number of ether oxygens (including phenoxy) is 1. The molecule has 0 unspecified atom stereocenters. The maximum absolute atomic E-state index is 12.4. The quantitative estimate of drug-likeness (QED) is 0.712. The summed E-state index contributed by atoms with van der Waals surface area (Å²) in [5.41, 5.74) is 0.630. The summed E-state index contributed by atoms with van der Waals surface area (Å²) in [5.74, 6) is 0.148. The van der Waals surface area contributed by atoms with Gasteiger partial charge in [-0.1, -0.05) is 18.2 Å². The minimum Gasteiger partial charge on any atom is -0.454 e. The fourth-order valence-corrected chi connectivity index (χ4v) is 0.861. The van der Waals surface area contributed by atoms with Gasteiger partial charge in [0.05, 0.1) is 0 Å². The van der Waals surface area contributed by atoms with Crippen molar-refractivity contribution in [3.8, 4) is 5.75 Å². The van der Waals surface area contributed by atoms with Gasteiger partial charge in [-0.15, -0.1) is 0 Å². The van der Waals surface area contributed by atoms with Gasteiger partial charge in [0.1, 0.15) is 5.75 Å². The smallest absolute Gasteiger partial charge is 0.304 e. The number of hydrogen-bond acceptors (Lipinski definition) is 1. The monoisotopic (exact) mass is 190 g/mol. The van der Waals surface area contributed by atoms with Gasteiger partial charge in [0.15, 0.2) is 0 Å². The molecule has 4 heteroatoms. The van der Waals surface area contributed by atoms with Crippen LogP contribution in [0.25, 0.3) is 0 Å². The molecule has 1 aromatic carbocycles. The third-order valence-electron chi connectivity index (χ3n) is 1.53. The molecule has 1 atom stereocenters. The summed E-state index contributed by atoms with van der Waals surface area (Å²) >= 11 is 0. The van der Waals surface area contributed by atoms with E-state index in [1.807, 2.05) is 0 Å². The molecule has 0 spiro atoms. The number of aryl methyl sites for hydroxylation is 1. The van der Waals surface area contributed by atoms with Crippen molar-refractivity contribution in [3.63, 3.8) is 0 Å². The molecule has 1 nitrogen and oxygen atoms in total. The van der Waals surface area contributed by atoms with E-state index < -0.39 is 12.8 Å². The fraction of sp³-hybridized carbons (Fsp3) is 0.333. The van der Waals surface area contributed by atoms with Crippen LogP contribution in [0.15, 0.2) is 24.3 Å². The van der Waals surface area contributed by atoms with Gasteiger partial charge in [-0.3, -0.25) is 0 Å². The van der Waals surface area contributed by atoms with Gasteiger partial charge in [0, 0.05) is 0 Å². The van der Waals surface area contributed by atoms with Crippen LogP contribution in [0.3, 0.4) is 0 Å². The fourth-order valence-electron chi connectivity index (χ4n) is 0.861. The molecule has 0 heterocycles. The molecule has 0 saturated heterocycles. The van der Waals surface area contributed by atoms with Crippen LogP contribution < -0.4 is 4.74 Å². The van der Waals surface area contributed by atoms with E-state index in [0.717, 1.165) is 0 Å². The maximum Gasteiger partial charge on any atom is 0.304 e. The first kappa shape index (κ1) is 9.89. The lowest BCUT2D eigenvalue weighted by atomic mass is 10.2. The summed E-state index contributed by atoms with van der Waals surface area (Å²) in [4.78, 5) is 0. The van der Waals surface area contributed by atoms with Crippen LogP contribution >= 0.6 is 0 Å². The first-order valence-electron chi connectivity index (χ1n) is 3.76. The third-order valence-corrected chi connectivity index (χ3v) is 1.53. The summed E-state index contributed by atoms with van der Waals surface area (Å²) in [6, 6.07) is 6.43. The second-order valence-electron chi connectivity index (χ2n) is 2.57. The molecule has 72 valence electrons. The van der Waals surface area contributed by atoms with E-state index in [9.17, 15) is 13.2 Å². The van der Waals surface area contributed by atoms with E-state index >= 15 is 0 Å². The Kier molecular flexibility index (Phi) is 3.17. The third kappa shape index (κ3) is 2.65. The summed E-state index contributed by atoms with van der Waals surface area (Å²) < 4.78 is 40.3. The molecular formula is C9H9F3O. The standard InChI is InChI=1S/C9H9F3O/c1-6-4-2-3-5-7(6)13-9(12)8(10)11/h2-5,8-9H,1H3/t9-/m1/s1. The van der Waals surface area contributed by atoms with E-state index in [4.69, 9.17) is 0 Å². The molecule has 1 rings (SSSR count). The van der Waals surface area contributed by atoms with Crippen molar-refractivity contribution < 1.29 is 17.9 Å². The molecule has 0 aliphatic rings. The van der Waals surface area contributed by atoms with Crippen molar-refractivity contribution in [2.75, 3.05) is 0 Å². The molecule has 0 amide bonds. The average molecular weight is 190 g/mol. The molecule has 0 bridgehead atoms. The van der Waals surface area contributed by atoms with Gasteiger partial charge in [0.25, 0.3) is 6.36 Å². The number of benzene rings is 1. The number of para-hydroxylation sites is 1. The minimum atomic E-state index is -3.11. The molecule has 0 saturated carbocycles. The maximum atomic E-state index is 12.4. The lowest BCUT2D eigenvalue weighted by molar-refractivity contribution is -0.0671. The largest absolute Gasteiger partial charge is 0.454 e. The number of alkyl halides is 3. The Balaban J connectivity index is 2.69. The van der Waals surface area contributed by atoms with Crippen LogP contribution in [-0.2, 0) is 0 Å². The highest BCUT2D eigenvalue weighted by molar-refractivity contribution is 5.31. The van der Waals surface area contributed by atoms with Gasteiger partial charge < -0.3 is 4.74 Å². The van der Waals surface area contributed by atoms with E-state index in [2.05, 4.69) is 4.74 Å². The van der Waals surface area contributed by atoms with Crippen LogP contribution in [0.2, 0.25) is 0 Å². The molecule has 0 radical (unpaired) electrons. The minimum absolute atomic E-state index is 0.148. The van der Waals surface area contributed by atoms with Crippen molar-refractivity contribution in [2.45, 2.75) is 19.7 Å². The van der Waals surface area contributed by atoms with E-state index in [-0.39, 0.29) is 5.75 Å². The first-order chi connectivity index (χ1) is 6.11. The van der Waals surface area contributed by atoms with Crippen LogP contribution in [0.1, 0.15) is 5.56 Å². The van der Waals surface area contributed by atoms with E-state index in [0.29, 0.717) is 5.56 Å². The Hall–Kier alpha value is -1.19. The van der Waals surface area contributed by atoms with E-state index in [1.165, 1.54) is 6.07 Å². The second kappa shape index (κ2) is 4.16. The summed E-state index contributed by atoms with van der Waals surface area (Å²) in [6.45, 7) is 1.66. The molecule has 1 aromatic rings. The van der Waals surface area contributed by atoms with E-state index in [1.54, 1.807) is 25.1 Å². The highest BCUT2D eigenvalue weighted by Gasteiger charge is 2.21. The van der Waals surface area contributed by atoms with Crippen LogP contribution in [0, 0.1) is 6.92 Å². The molecular weight excluding hydrogens is 181 g/mol. The van der Waals surface area contributed by atoms with Crippen LogP contribution in [0.5, 0.6) is 5.75 Å². The van der Waals surface area contributed by atoms with Gasteiger partial charge >= 0.3 is 6.43 Å². The Morgan fingerprint density at radius 2 is 1.77 bits per heavy atom. The molecule has 0 aromatic heterocycles. The molecule has 0 N–H and O–H groups in total. The van der Waals surface area contributed by atoms with Crippen molar-refractivity contribution in [3.05, 3.63) is 29.8 Å². The highest BCUT2D eigenvalue weighted by Crippen LogP contribution is 2.20. The molecule has 0 aliphatic heterocycles. The number of rotatable bonds is 3. The molecule has 0 aliphatic carbocycles. The molecule has 13 heavy (non-hydrogen) atoms. The number of hydrogen-bond donors (Lipinski definition) is 0. The summed E-state index contributed by atoms with van der Waals surface area (Å²) in [5, 5.41) is 0. The van der Waals surface area contributed by atoms with Crippen molar-refractivity contribution in [2.24, 2.45) is 0 Å². The Labute approximate surface area is 74.1 Å². The predicted octanol–water partition coefficient (Wildman–Crippen LogP) is 2.93. The molecule has 0 fully saturated rings. The number of halogens is 3. The normalized spacial score (nSPS) is 13.0. The van der Waals surface area contributed by atoms with Crippen molar-refractivity contribution in [1.29, 1.82) is 0 Å². The van der Waals surface area contributed by atoms with Crippen LogP contribution in [0.4, 0.5) is 13.2 Å². The van der Waals surface area contributed by atoms with Gasteiger partial charge in [-0.05, 0) is 18.6 Å². The van der Waals surface area contributed by atoms with Crippen molar-refractivity contribution >= 4 is 0 Å². The Morgan fingerprint density at radius 1 is 1.15 bits per heavy atom. The second-order valence-corrected chi connectivity index (χ2v) is 2.57. The predicted molar refractivity (Wildman–Crippen MR) is 42.7 cm³/mol. The average Bonchev–Trinajstić information content (AvgIpc) is 2.08.